The van der Waals surface area contributed by atoms with Crippen LogP contribution >= 0.6 is 11.3 Å². The molecule has 3 amide bonds. The fraction of sp³-hybridized carbons (Fsp3) is 0.316. The number of hydrogen-bond acceptors (Lipinski definition) is 4. The van der Waals surface area contributed by atoms with E-state index < -0.39 is 6.04 Å². The molecule has 1 aromatic carbocycles. The predicted octanol–water partition coefficient (Wildman–Crippen LogP) is 2.78. The van der Waals surface area contributed by atoms with Crippen molar-refractivity contribution in [3.8, 4) is 0 Å². The molecule has 1 atom stereocenters. The zero-order valence-electron chi connectivity index (χ0n) is 15.0. The Balaban J connectivity index is 1.86. The van der Waals surface area contributed by atoms with Crippen LogP contribution < -0.4 is 16.0 Å². The van der Waals surface area contributed by atoms with E-state index in [2.05, 4.69) is 16.0 Å². The summed E-state index contributed by atoms with van der Waals surface area (Å²) >= 11 is 1.33. The van der Waals surface area contributed by atoms with Crippen LogP contribution in [0.25, 0.3) is 0 Å². The topological polar surface area (TPSA) is 87.3 Å². The highest BCUT2D eigenvalue weighted by Crippen LogP contribution is 2.12. The van der Waals surface area contributed by atoms with E-state index in [1.807, 2.05) is 37.4 Å². The van der Waals surface area contributed by atoms with Crippen LogP contribution in [0.15, 0.2) is 41.8 Å². The van der Waals surface area contributed by atoms with Gasteiger partial charge in [-0.1, -0.05) is 32.0 Å². The highest BCUT2D eigenvalue weighted by atomic mass is 32.1. The van der Waals surface area contributed by atoms with E-state index in [0.717, 1.165) is 5.56 Å². The van der Waals surface area contributed by atoms with E-state index in [1.54, 1.807) is 25.1 Å². The van der Waals surface area contributed by atoms with Crippen molar-refractivity contribution in [2.24, 2.45) is 5.92 Å². The highest BCUT2D eigenvalue weighted by molar-refractivity contribution is 7.12. The van der Waals surface area contributed by atoms with Gasteiger partial charge in [-0.05, 0) is 36.1 Å². The molecular weight excluding hydrogens is 350 g/mol. The third kappa shape index (κ3) is 5.70. The fourth-order valence-corrected chi connectivity index (χ4v) is 2.76. The average Bonchev–Trinajstić information content (AvgIpc) is 3.14. The summed E-state index contributed by atoms with van der Waals surface area (Å²) in [6.45, 7) is 5.60. The highest BCUT2D eigenvalue weighted by Gasteiger charge is 2.17. The van der Waals surface area contributed by atoms with Crippen LogP contribution in [-0.2, 0) is 16.1 Å². The van der Waals surface area contributed by atoms with Gasteiger partial charge in [0.1, 0.15) is 6.04 Å². The van der Waals surface area contributed by atoms with Crippen LogP contribution in [0.4, 0.5) is 5.69 Å². The van der Waals surface area contributed by atoms with E-state index in [0.29, 0.717) is 17.1 Å². The van der Waals surface area contributed by atoms with Crippen LogP contribution in [0.2, 0.25) is 0 Å². The molecule has 0 spiro atoms. The maximum absolute atomic E-state index is 12.2. The number of rotatable bonds is 7. The summed E-state index contributed by atoms with van der Waals surface area (Å²) in [6, 6.07) is 10.1. The molecule has 0 aliphatic rings. The quantitative estimate of drug-likeness (QED) is 0.697. The second-order valence-corrected chi connectivity index (χ2v) is 7.18. The lowest BCUT2D eigenvalue weighted by atomic mass is 10.1. The van der Waals surface area contributed by atoms with Crippen molar-refractivity contribution < 1.29 is 14.4 Å². The number of carbonyl (C=O) groups is 3. The van der Waals surface area contributed by atoms with Gasteiger partial charge in [0.2, 0.25) is 11.8 Å². The molecule has 0 aliphatic carbocycles. The maximum Gasteiger partial charge on any atom is 0.261 e. The minimum absolute atomic E-state index is 0.0592. The zero-order chi connectivity index (χ0) is 19.1. The van der Waals surface area contributed by atoms with Crippen LogP contribution in [0.3, 0.4) is 0 Å². The molecule has 0 saturated heterocycles. The molecule has 26 heavy (non-hydrogen) atoms. The molecular formula is C19H23N3O3S. The molecule has 3 N–H and O–H groups in total. The third-order valence-electron chi connectivity index (χ3n) is 3.67. The Kier molecular flexibility index (Phi) is 6.91. The Morgan fingerprint density at radius 3 is 2.46 bits per heavy atom. The average molecular weight is 373 g/mol. The number of thiophene rings is 1. The molecule has 0 bridgehead atoms. The summed E-state index contributed by atoms with van der Waals surface area (Å²) in [5.74, 6) is -0.699. The molecule has 0 saturated carbocycles. The second kappa shape index (κ2) is 9.15. The van der Waals surface area contributed by atoms with Gasteiger partial charge in [0.25, 0.3) is 5.91 Å². The summed E-state index contributed by atoms with van der Waals surface area (Å²) in [7, 11) is 0. The monoisotopic (exact) mass is 373 g/mol. The molecule has 6 nitrogen and oxygen atoms in total. The summed E-state index contributed by atoms with van der Waals surface area (Å²) < 4.78 is 0. The number of nitrogens with one attached hydrogen (secondary N) is 3. The first kappa shape index (κ1) is 19.7. The Morgan fingerprint density at radius 1 is 1.04 bits per heavy atom. The molecule has 1 unspecified atom stereocenters. The smallest absolute Gasteiger partial charge is 0.261 e. The van der Waals surface area contributed by atoms with E-state index in [4.69, 9.17) is 0 Å². The molecule has 0 radical (unpaired) electrons. The number of carbonyl (C=O) groups excluding carboxylic acids is 3. The number of amides is 3. The van der Waals surface area contributed by atoms with Crippen molar-refractivity contribution in [1.29, 1.82) is 0 Å². The van der Waals surface area contributed by atoms with E-state index in [-0.39, 0.29) is 23.6 Å². The van der Waals surface area contributed by atoms with Gasteiger partial charge >= 0.3 is 0 Å². The first-order chi connectivity index (χ1) is 12.4. The van der Waals surface area contributed by atoms with Crippen molar-refractivity contribution in [2.45, 2.75) is 33.4 Å². The van der Waals surface area contributed by atoms with E-state index >= 15 is 0 Å². The molecule has 0 fully saturated rings. The van der Waals surface area contributed by atoms with Crippen LogP contribution in [0.1, 0.15) is 36.0 Å². The van der Waals surface area contributed by atoms with Crippen molar-refractivity contribution in [3.05, 3.63) is 52.2 Å². The van der Waals surface area contributed by atoms with E-state index in [9.17, 15) is 14.4 Å². The Bertz CT molecular complexity index is 772. The van der Waals surface area contributed by atoms with Crippen molar-refractivity contribution in [2.75, 3.05) is 5.32 Å². The van der Waals surface area contributed by atoms with Crippen molar-refractivity contribution in [3.63, 3.8) is 0 Å². The maximum atomic E-state index is 12.2. The van der Waals surface area contributed by atoms with Gasteiger partial charge in [-0.3, -0.25) is 14.4 Å². The normalized spacial score (nSPS) is 11.7. The summed E-state index contributed by atoms with van der Waals surface area (Å²) in [5, 5.41) is 10.1. The fourth-order valence-electron chi connectivity index (χ4n) is 2.13. The summed E-state index contributed by atoms with van der Waals surface area (Å²) in [4.78, 5) is 36.5. The lowest BCUT2D eigenvalue weighted by molar-refractivity contribution is -0.122. The predicted molar refractivity (Wildman–Crippen MR) is 103 cm³/mol. The van der Waals surface area contributed by atoms with Gasteiger partial charge in [-0.2, -0.15) is 0 Å². The third-order valence-corrected chi connectivity index (χ3v) is 4.54. The Hall–Kier alpha value is -2.67. The van der Waals surface area contributed by atoms with Gasteiger partial charge < -0.3 is 16.0 Å². The van der Waals surface area contributed by atoms with Crippen molar-refractivity contribution >= 4 is 34.7 Å². The molecule has 2 rings (SSSR count). The van der Waals surface area contributed by atoms with Gasteiger partial charge in [0, 0.05) is 18.2 Å². The number of benzene rings is 1. The molecule has 138 valence electrons. The van der Waals surface area contributed by atoms with Gasteiger partial charge in [-0.15, -0.1) is 11.3 Å². The molecule has 1 heterocycles. The standard InChI is InChI=1S/C19H23N3O3S/c1-12(2)17(23)22-15-7-4-6-14(10-15)11-20-18(24)13(3)21-19(25)16-8-5-9-26-16/h4-10,12-13H,11H2,1-3H3,(H,20,24)(H,21,25)(H,22,23). The van der Waals surface area contributed by atoms with Gasteiger partial charge in [0.15, 0.2) is 0 Å². The lowest BCUT2D eigenvalue weighted by Crippen LogP contribution is -2.44. The van der Waals surface area contributed by atoms with Gasteiger partial charge in [0.05, 0.1) is 4.88 Å². The first-order valence-corrected chi connectivity index (χ1v) is 9.26. The van der Waals surface area contributed by atoms with Crippen LogP contribution in [0.5, 0.6) is 0 Å². The minimum atomic E-state index is -0.645. The second-order valence-electron chi connectivity index (χ2n) is 6.23. The molecule has 1 aromatic heterocycles. The summed E-state index contributed by atoms with van der Waals surface area (Å²) in [6.07, 6.45) is 0. The van der Waals surface area contributed by atoms with Crippen LogP contribution in [-0.4, -0.2) is 23.8 Å². The summed E-state index contributed by atoms with van der Waals surface area (Å²) in [5.41, 5.74) is 1.55. The number of hydrogen-bond donors (Lipinski definition) is 3. The Labute approximate surface area is 157 Å². The number of anilines is 1. The van der Waals surface area contributed by atoms with Crippen molar-refractivity contribution in [1.82, 2.24) is 10.6 Å². The van der Waals surface area contributed by atoms with E-state index in [1.165, 1.54) is 11.3 Å². The molecule has 7 heteroatoms. The lowest BCUT2D eigenvalue weighted by Gasteiger charge is -2.14. The minimum Gasteiger partial charge on any atom is -0.350 e. The zero-order valence-corrected chi connectivity index (χ0v) is 15.9. The molecule has 2 aromatic rings. The SMILES string of the molecule is CC(C)C(=O)Nc1cccc(CNC(=O)C(C)NC(=O)c2cccs2)c1. The molecule has 0 aliphatic heterocycles. The Morgan fingerprint density at radius 2 is 1.81 bits per heavy atom. The largest absolute Gasteiger partial charge is 0.350 e. The van der Waals surface area contributed by atoms with Gasteiger partial charge in [-0.25, -0.2) is 0 Å². The first-order valence-electron chi connectivity index (χ1n) is 8.38. The van der Waals surface area contributed by atoms with Crippen LogP contribution in [0, 0.1) is 5.92 Å².